The monoisotopic (exact) mass is 313 g/mol. The van der Waals surface area contributed by atoms with Crippen LogP contribution in [0, 0.1) is 0 Å². The van der Waals surface area contributed by atoms with Crippen molar-refractivity contribution in [2.24, 2.45) is 0 Å². The Morgan fingerprint density at radius 2 is 1.50 bits per heavy atom. The second-order valence-electron chi connectivity index (χ2n) is 5.49. The van der Waals surface area contributed by atoms with Crippen LogP contribution in [-0.4, -0.2) is 10.5 Å². The van der Waals surface area contributed by atoms with Crippen LogP contribution in [0.3, 0.4) is 0 Å². The number of fused-ring (bicyclic) bond motifs is 3. The summed E-state index contributed by atoms with van der Waals surface area (Å²) in [6, 6.07) is 24.1. The Morgan fingerprint density at radius 1 is 0.875 bits per heavy atom. The van der Waals surface area contributed by atoms with Crippen molar-refractivity contribution in [3.05, 3.63) is 85.5 Å². The van der Waals surface area contributed by atoms with Gasteiger partial charge in [0.05, 0.1) is 11.0 Å². The predicted octanol–water partition coefficient (Wildman–Crippen LogP) is 4.88. The summed E-state index contributed by atoms with van der Waals surface area (Å²) in [7, 11) is 0. The molecule has 0 aliphatic rings. The molecule has 0 aliphatic heterocycles. The van der Waals surface area contributed by atoms with Crippen molar-refractivity contribution in [3.63, 3.8) is 0 Å². The average molecular weight is 313 g/mol. The van der Waals surface area contributed by atoms with E-state index in [1.807, 2.05) is 42.5 Å². The first-order valence-electron chi connectivity index (χ1n) is 7.71. The number of aromatic nitrogens is 1. The second kappa shape index (κ2) is 5.70. The van der Waals surface area contributed by atoms with Crippen molar-refractivity contribution in [2.45, 2.75) is 0 Å². The summed E-state index contributed by atoms with van der Waals surface area (Å²) < 4.78 is 7.43. The number of esters is 1. The van der Waals surface area contributed by atoms with Gasteiger partial charge < -0.3 is 9.30 Å². The van der Waals surface area contributed by atoms with Crippen LogP contribution >= 0.6 is 0 Å². The predicted molar refractivity (Wildman–Crippen MR) is 96.6 cm³/mol. The molecule has 4 aromatic rings. The molecule has 0 aliphatic carbocycles. The molecule has 0 fully saturated rings. The highest BCUT2D eigenvalue weighted by atomic mass is 16.5. The van der Waals surface area contributed by atoms with Gasteiger partial charge in [0.15, 0.2) is 0 Å². The van der Waals surface area contributed by atoms with Crippen molar-refractivity contribution in [2.75, 3.05) is 0 Å². The lowest BCUT2D eigenvalue weighted by Crippen LogP contribution is -2.03. The zero-order valence-electron chi connectivity index (χ0n) is 13.0. The van der Waals surface area contributed by atoms with E-state index >= 15 is 0 Å². The molecule has 1 heterocycles. The Balaban J connectivity index is 1.97. The fourth-order valence-electron chi connectivity index (χ4n) is 3.04. The maximum absolute atomic E-state index is 11.5. The zero-order valence-corrected chi connectivity index (χ0v) is 13.0. The normalized spacial score (nSPS) is 10.8. The van der Waals surface area contributed by atoms with Gasteiger partial charge in [-0.3, -0.25) is 0 Å². The van der Waals surface area contributed by atoms with Gasteiger partial charge in [-0.15, -0.1) is 0 Å². The van der Waals surface area contributed by atoms with Crippen LogP contribution in [0.15, 0.2) is 85.5 Å². The molecule has 0 amide bonds. The Bertz CT molecular complexity index is 1020. The molecular weight excluding hydrogens is 298 g/mol. The standard InChI is InChI=1S/C21H15NO2/c1-2-21(23)24-16-9-7-8-15(14-16)22-19-12-5-3-10-17(19)18-11-4-6-13-20(18)22/h2-14H,1H2. The molecule has 116 valence electrons. The van der Waals surface area contributed by atoms with Crippen LogP contribution in [0.2, 0.25) is 0 Å². The Morgan fingerprint density at radius 3 is 2.12 bits per heavy atom. The first kappa shape index (κ1) is 14.3. The van der Waals surface area contributed by atoms with Crippen molar-refractivity contribution >= 4 is 27.8 Å². The lowest BCUT2D eigenvalue weighted by Gasteiger charge is -2.09. The fourth-order valence-corrected chi connectivity index (χ4v) is 3.04. The van der Waals surface area contributed by atoms with Gasteiger partial charge in [0.25, 0.3) is 0 Å². The fraction of sp³-hybridized carbons (Fsp3) is 0. The Labute approximate surface area is 139 Å². The first-order chi connectivity index (χ1) is 11.8. The van der Waals surface area contributed by atoms with E-state index in [9.17, 15) is 4.79 Å². The summed E-state index contributed by atoms with van der Waals surface area (Å²) in [5, 5.41) is 2.39. The number of carbonyl (C=O) groups excluding carboxylic acids is 1. The number of ether oxygens (including phenoxy) is 1. The van der Waals surface area contributed by atoms with E-state index < -0.39 is 5.97 Å². The summed E-state index contributed by atoms with van der Waals surface area (Å²) in [6.07, 6.45) is 1.16. The molecule has 3 nitrogen and oxygen atoms in total. The van der Waals surface area contributed by atoms with Crippen molar-refractivity contribution in [1.82, 2.24) is 4.57 Å². The highest BCUT2D eigenvalue weighted by Gasteiger charge is 2.12. The lowest BCUT2D eigenvalue weighted by molar-refractivity contribution is -0.128. The number of para-hydroxylation sites is 2. The molecule has 0 atom stereocenters. The molecule has 3 heteroatoms. The number of carbonyl (C=O) groups is 1. The third-order valence-electron chi connectivity index (χ3n) is 4.04. The van der Waals surface area contributed by atoms with Gasteiger partial charge >= 0.3 is 5.97 Å². The summed E-state index contributed by atoms with van der Waals surface area (Å²) >= 11 is 0. The third kappa shape index (κ3) is 2.27. The van der Waals surface area contributed by atoms with Gasteiger partial charge in [-0.2, -0.15) is 0 Å². The van der Waals surface area contributed by atoms with Crippen molar-refractivity contribution in [1.29, 1.82) is 0 Å². The van der Waals surface area contributed by atoms with E-state index in [1.165, 1.54) is 10.8 Å². The van der Waals surface area contributed by atoms with Crippen molar-refractivity contribution in [3.8, 4) is 11.4 Å². The second-order valence-corrected chi connectivity index (χ2v) is 5.49. The van der Waals surface area contributed by atoms with E-state index in [4.69, 9.17) is 4.74 Å². The largest absolute Gasteiger partial charge is 0.423 e. The van der Waals surface area contributed by atoms with Gasteiger partial charge in [0.1, 0.15) is 5.75 Å². The summed E-state index contributed by atoms with van der Waals surface area (Å²) in [6.45, 7) is 3.43. The summed E-state index contributed by atoms with van der Waals surface area (Å²) in [5.41, 5.74) is 3.18. The molecule has 3 aromatic carbocycles. The number of nitrogens with zero attached hydrogens (tertiary/aromatic N) is 1. The minimum absolute atomic E-state index is 0.464. The van der Waals surface area contributed by atoms with Crippen LogP contribution in [0.5, 0.6) is 5.75 Å². The van der Waals surface area contributed by atoms with E-state index in [-0.39, 0.29) is 0 Å². The maximum Gasteiger partial charge on any atom is 0.335 e. The molecule has 0 saturated heterocycles. The molecule has 0 unspecified atom stereocenters. The minimum Gasteiger partial charge on any atom is -0.423 e. The topological polar surface area (TPSA) is 31.2 Å². The van der Waals surface area contributed by atoms with E-state index in [2.05, 4.69) is 35.4 Å². The highest BCUT2D eigenvalue weighted by Crippen LogP contribution is 2.32. The van der Waals surface area contributed by atoms with Gasteiger partial charge in [0, 0.05) is 28.6 Å². The van der Waals surface area contributed by atoms with Crippen LogP contribution in [-0.2, 0) is 4.79 Å². The SMILES string of the molecule is C=CC(=O)Oc1cccc(-n2c3ccccc3c3ccccc32)c1. The lowest BCUT2D eigenvalue weighted by atomic mass is 10.2. The minimum atomic E-state index is -0.464. The molecule has 24 heavy (non-hydrogen) atoms. The van der Waals surface area contributed by atoms with Gasteiger partial charge in [0.2, 0.25) is 0 Å². The molecule has 0 radical (unpaired) electrons. The Kier molecular flexibility index (Phi) is 3.39. The summed E-state index contributed by atoms with van der Waals surface area (Å²) in [4.78, 5) is 11.5. The van der Waals surface area contributed by atoms with Crippen LogP contribution in [0.25, 0.3) is 27.5 Å². The molecule has 0 spiro atoms. The quantitative estimate of drug-likeness (QED) is 0.307. The third-order valence-corrected chi connectivity index (χ3v) is 4.04. The highest BCUT2D eigenvalue weighted by molar-refractivity contribution is 6.09. The number of hydrogen-bond acceptors (Lipinski definition) is 2. The number of benzene rings is 3. The van der Waals surface area contributed by atoms with E-state index in [1.54, 1.807) is 6.07 Å². The average Bonchev–Trinajstić information content (AvgIpc) is 2.96. The number of rotatable bonds is 3. The maximum atomic E-state index is 11.5. The smallest absolute Gasteiger partial charge is 0.335 e. The molecular formula is C21H15NO2. The van der Waals surface area contributed by atoms with Gasteiger partial charge in [-0.1, -0.05) is 49.0 Å². The van der Waals surface area contributed by atoms with E-state index in [0.717, 1.165) is 22.8 Å². The van der Waals surface area contributed by atoms with Gasteiger partial charge in [-0.25, -0.2) is 4.79 Å². The number of hydrogen-bond donors (Lipinski definition) is 0. The van der Waals surface area contributed by atoms with Crippen LogP contribution in [0.1, 0.15) is 0 Å². The van der Waals surface area contributed by atoms with Crippen molar-refractivity contribution < 1.29 is 9.53 Å². The Hall–Kier alpha value is -3.33. The van der Waals surface area contributed by atoms with E-state index in [0.29, 0.717) is 5.75 Å². The zero-order chi connectivity index (χ0) is 16.5. The summed E-state index contributed by atoms with van der Waals surface area (Å²) in [5.74, 6) is 0.0358. The molecule has 1 aromatic heterocycles. The molecule has 0 bridgehead atoms. The van der Waals surface area contributed by atoms with Crippen LogP contribution in [0.4, 0.5) is 0 Å². The van der Waals surface area contributed by atoms with Crippen LogP contribution < -0.4 is 4.74 Å². The molecule has 0 N–H and O–H groups in total. The molecule has 4 rings (SSSR count). The molecule has 0 saturated carbocycles. The first-order valence-corrected chi connectivity index (χ1v) is 7.71. The van der Waals surface area contributed by atoms with Gasteiger partial charge in [-0.05, 0) is 24.3 Å².